The topological polar surface area (TPSA) is 52.7 Å². The third kappa shape index (κ3) is 6.55. The highest BCUT2D eigenvalue weighted by molar-refractivity contribution is 7.09. The van der Waals surface area contributed by atoms with Gasteiger partial charge < -0.3 is 15.1 Å². The summed E-state index contributed by atoms with van der Waals surface area (Å²) in [6.07, 6.45) is 1.63. The summed E-state index contributed by atoms with van der Waals surface area (Å²) in [6, 6.07) is 21.1. The molecule has 31 heavy (non-hydrogen) atoms. The molecule has 0 aliphatic heterocycles. The van der Waals surface area contributed by atoms with Gasteiger partial charge in [-0.2, -0.15) is 0 Å². The Bertz CT molecular complexity index is 1000. The summed E-state index contributed by atoms with van der Waals surface area (Å²) >= 11 is 1.62. The number of carbonyl (C=O) groups is 2. The summed E-state index contributed by atoms with van der Waals surface area (Å²) in [5.74, 6) is -0.112. The van der Waals surface area contributed by atoms with Crippen LogP contribution in [0.2, 0.25) is 0 Å². The number of urea groups is 1. The van der Waals surface area contributed by atoms with Gasteiger partial charge in [0.05, 0.1) is 6.54 Å². The molecule has 3 rings (SSSR count). The minimum atomic E-state index is -0.321. The van der Waals surface area contributed by atoms with Gasteiger partial charge in [-0.1, -0.05) is 60.7 Å². The van der Waals surface area contributed by atoms with Crippen molar-refractivity contribution in [2.75, 3.05) is 18.4 Å². The second-order valence-electron chi connectivity index (χ2n) is 7.23. The predicted octanol–water partition coefficient (Wildman–Crippen LogP) is 5.31. The minimum absolute atomic E-state index is 0.0258. The molecule has 5 nitrogen and oxygen atoms in total. The van der Waals surface area contributed by atoms with Crippen LogP contribution >= 0.6 is 11.3 Å². The Hall–Kier alpha value is -3.38. The van der Waals surface area contributed by atoms with Gasteiger partial charge in [0.25, 0.3) is 0 Å². The molecule has 0 atom stereocenters. The Balaban J connectivity index is 1.73. The van der Waals surface area contributed by atoms with Gasteiger partial charge in [-0.25, -0.2) is 4.79 Å². The smallest absolute Gasteiger partial charge is 0.322 e. The highest BCUT2D eigenvalue weighted by atomic mass is 32.1. The molecule has 0 spiro atoms. The van der Waals surface area contributed by atoms with Gasteiger partial charge in [0.15, 0.2) is 0 Å². The van der Waals surface area contributed by atoms with Crippen LogP contribution in [-0.2, 0) is 17.9 Å². The van der Waals surface area contributed by atoms with Crippen molar-refractivity contribution in [1.29, 1.82) is 0 Å². The number of anilines is 1. The van der Waals surface area contributed by atoms with E-state index in [-0.39, 0.29) is 25.0 Å². The molecule has 3 aromatic rings. The van der Waals surface area contributed by atoms with Crippen molar-refractivity contribution < 1.29 is 9.59 Å². The van der Waals surface area contributed by atoms with Crippen LogP contribution < -0.4 is 5.32 Å². The first-order valence-electron chi connectivity index (χ1n) is 10.1. The van der Waals surface area contributed by atoms with Crippen molar-refractivity contribution in [1.82, 2.24) is 9.80 Å². The first-order valence-corrected chi connectivity index (χ1v) is 11.0. The van der Waals surface area contributed by atoms with Gasteiger partial charge in [0.1, 0.15) is 6.54 Å². The average Bonchev–Trinajstić information content (AvgIpc) is 3.28. The highest BCUT2D eigenvalue weighted by Crippen LogP contribution is 2.17. The summed E-state index contributed by atoms with van der Waals surface area (Å²) in [6.45, 7) is 6.92. The molecule has 0 unspecified atom stereocenters. The molecule has 160 valence electrons. The van der Waals surface area contributed by atoms with Crippen molar-refractivity contribution in [2.24, 2.45) is 0 Å². The number of benzene rings is 2. The molecule has 0 saturated heterocycles. The zero-order valence-corrected chi connectivity index (χ0v) is 18.5. The number of hydrogen-bond acceptors (Lipinski definition) is 3. The molecule has 2 aromatic carbocycles. The van der Waals surface area contributed by atoms with Crippen LogP contribution in [0.15, 0.2) is 84.8 Å². The minimum Gasteiger partial charge on any atom is -0.332 e. The fraction of sp³-hybridized carbons (Fsp3) is 0.200. The van der Waals surface area contributed by atoms with Crippen LogP contribution in [-0.4, -0.2) is 34.8 Å². The summed E-state index contributed by atoms with van der Waals surface area (Å²) in [4.78, 5) is 30.5. The molecule has 0 radical (unpaired) electrons. The largest absolute Gasteiger partial charge is 0.332 e. The van der Waals surface area contributed by atoms with Gasteiger partial charge in [0, 0.05) is 23.7 Å². The zero-order valence-electron chi connectivity index (χ0n) is 17.7. The van der Waals surface area contributed by atoms with E-state index in [1.165, 1.54) is 4.90 Å². The first-order chi connectivity index (χ1) is 15.1. The number of rotatable bonds is 9. The molecule has 1 heterocycles. The molecule has 0 bridgehead atoms. The molecule has 3 amide bonds. The third-order valence-electron chi connectivity index (χ3n) is 4.85. The second kappa shape index (κ2) is 11.1. The standard InChI is InChI=1S/C25H27N3O2S/c1-3-15-27(25(30)26-23-14-8-7-10-20(23)2)19-24(29)28(18-22-13-9-16-31-22)17-21-11-5-4-6-12-21/h3-14,16H,1,15,17-19H2,2H3,(H,26,30). The fourth-order valence-electron chi connectivity index (χ4n) is 3.17. The van der Waals surface area contributed by atoms with Gasteiger partial charge in [-0.15, -0.1) is 17.9 Å². The first kappa shape index (κ1) is 22.3. The zero-order chi connectivity index (χ0) is 22.1. The average molecular weight is 434 g/mol. The van der Waals surface area contributed by atoms with E-state index in [2.05, 4.69) is 11.9 Å². The third-order valence-corrected chi connectivity index (χ3v) is 5.71. The molecule has 1 aromatic heterocycles. The van der Waals surface area contributed by atoms with Crippen LogP contribution in [0.3, 0.4) is 0 Å². The highest BCUT2D eigenvalue weighted by Gasteiger charge is 2.22. The molecule has 0 aliphatic rings. The lowest BCUT2D eigenvalue weighted by Crippen LogP contribution is -2.44. The molecule has 1 N–H and O–H groups in total. The van der Waals surface area contributed by atoms with Crippen LogP contribution in [0.25, 0.3) is 0 Å². The SMILES string of the molecule is C=CCN(CC(=O)N(Cc1ccccc1)Cc1cccs1)C(=O)Nc1ccccc1C. The monoisotopic (exact) mass is 433 g/mol. The maximum Gasteiger partial charge on any atom is 0.322 e. The summed E-state index contributed by atoms with van der Waals surface area (Å²) in [5, 5.41) is 4.91. The van der Waals surface area contributed by atoms with E-state index in [1.807, 2.05) is 79.0 Å². The van der Waals surface area contributed by atoms with E-state index in [1.54, 1.807) is 22.3 Å². The Morgan fingerprint density at radius 3 is 2.39 bits per heavy atom. The Kier molecular flexibility index (Phi) is 8.01. The molecular formula is C25H27N3O2S. The lowest BCUT2D eigenvalue weighted by molar-refractivity contribution is -0.132. The number of para-hydroxylation sites is 1. The fourth-order valence-corrected chi connectivity index (χ4v) is 3.89. The number of hydrogen-bond donors (Lipinski definition) is 1. The van der Waals surface area contributed by atoms with Crippen LogP contribution in [0, 0.1) is 6.92 Å². The van der Waals surface area contributed by atoms with Crippen molar-refractivity contribution >= 4 is 29.0 Å². The number of amides is 3. The molecular weight excluding hydrogens is 406 g/mol. The maximum absolute atomic E-state index is 13.3. The van der Waals surface area contributed by atoms with Crippen molar-refractivity contribution in [2.45, 2.75) is 20.0 Å². The van der Waals surface area contributed by atoms with E-state index in [0.717, 1.165) is 21.7 Å². The summed E-state index contributed by atoms with van der Waals surface area (Å²) in [7, 11) is 0. The van der Waals surface area contributed by atoms with E-state index >= 15 is 0 Å². The van der Waals surface area contributed by atoms with E-state index in [9.17, 15) is 9.59 Å². The lowest BCUT2D eigenvalue weighted by Gasteiger charge is -2.27. The Labute approximate surface area is 187 Å². The number of nitrogens with zero attached hydrogens (tertiary/aromatic N) is 2. The normalized spacial score (nSPS) is 10.4. The molecule has 6 heteroatoms. The van der Waals surface area contributed by atoms with Gasteiger partial charge in [-0.3, -0.25) is 4.79 Å². The van der Waals surface area contributed by atoms with Crippen molar-refractivity contribution in [3.63, 3.8) is 0 Å². The number of carbonyl (C=O) groups excluding carboxylic acids is 2. The summed E-state index contributed by atoms with van der Waals surface area (Å²) in [5.41, 5.74) is 2.74. The molecule has 0 aliphatic carbocycles. The number of thiophene rings is 1. The number of nitrogens with one attached hydrogen (secondary N) is 1. The Morgan fingerprint density at radius 2 is 1.71 bits per heavy atom. The summed E-state index contributed by atoms with van der Waals surface area (Å²) < 4.78 is 0. The molecule has 0 fully saturated rings. The number of aryl methyl sites for hydroxylation is 1. The van der Waals surface area contributed by atoms with Crippen molar-refractivity contribution in [3.8, 4) is 0 Å². The predicted molar refractivity (Wildman–Crippen MR) is 127 cm³/mol. The quantitative estimate of drug-likeness (QED) is 0.465. The van der Waals surface area contributed by atoms with Crippen LogP contribution in [0.4, 0.5) is 10.5 Å². The Morgan fingerprint density at radius 1 is 0.968 bits per heavy atom. The van der Waals surface area contributed by atoms with Gasteiger partial charge in [0.2, 0.25) is 5.91 Å². The van der Waals surface area contributed by atoms with E-state index in [0.29, 0.717) is 13.1 Å². The van der Waals surface area contributed by atoms with Gasteiger partial charge >= 0.3 is 6.03 Å². The van der Waals surface area contributed by atoms with Gasteiger partial charge in [-0.05, 0) is 35.6 Å². The van der Waals surface area contributed by atoms with E-state index in [4.69, 9.17) is 0 Å². The molecule has 0 saturated carbocycles. The van der Waals surface area contributed by atoms with Crippen LogP contribution in [0.5, 0.6) is 0 Å². The van der Waals surface area contributed by atoms with E-state index < -0.39 is 0 Å². The lowest BCUT2D eigenvalue weighted by atomic mass is 10.2. The maximum atomic E-state index is 13.3. The second-order valence-corrected chi connectivity index (χ2v) is 8.26. The van der Waals surface area contributed by atoms with Crippen molar-refractivity contribution in [3.05, 3.63) is 101 Å². The van der Waals surface area contributed by atoms with Crippen LogP contribution in [0.1, 0.15) is 16.0 Å².